The van der Waals surface area contributed by atoms with Gasteiger partial charge in [0.25, 0.3) is 0 Å². The predicted molar refractivity (Wildman–Crippen MR) is 99.7 cm³/mol. The normalized spacial score (nSPS) is 18.4. The molecule has 2 aliphatic heterocycles. The standard InChI is InChI=1S/C20H17FN4O2/c21-14-7-13-9-24-19(18(13)23-10-14)25-15-1-2-17-12(8-15)3-5-22-20(17)27-16-4-6-26-11-16/h1-3,5,7-8,10,16H,4,6,9,11H2,(H,24,25)/t16-/m0/s1. The van der Waals surface area contributed by atoms with Crippen molar-refractivity contribution in [1.29, 1.82) is 0 Å². The molecule has 1 N–H and O–H groups in total. The lowest BCUT2D eigenvalue weighted by Crippen LogP contribution is -2.16. The summed E-state index contributed by atoms with van der Waals surface area (Å²) in [7, 11) is 0. The molecule has 0 saturated carbocycles. The number of nitrogens with one attached hydrogen (secondary N) is 1. The van der Waals surface area contributed by atoms with Gasteiger partial charge in [-0.25, -0.2) is 14.4 Å². The molecule has 4 heterocycles. The fourth-order valence-electron chi connectivity index (χ4n) is 3.38. The molecule has 27 heavy (non-hydrogen) atoms. The second kappa shape index (κ2) is 6.59. The monoisotopic (exact) mass is 364 g/mol. The van der Waals surface area contributed by atoms with Gasteiger partial charge in [0, 0.05) is 29.3 Å². The molecule has 5 rings (SSSR count). The molecule has 0 bridgehead atoms. The lowest BCUT2D eigenvalue weighted by Gasteiger charge is -2.13. The van der Waals surface area contributed by atoms with E-state index in [1.807, 2.05) is 24.3 Å². The summed E-state index contributed by atoms with van der Waals surface area (Å²) in [4.78, 5) is 13.0. The number of fused-ring (bicyclic) bond motifs is 2. The Kier molecular flexibility index (Phi) is 3.94. The van der Waals surface area contributed by atoms with Crippen LogP contribution in [0.3, 0.4) is 0 Å². The summed E-state index contributed by atoms with van der Waals surface area (Å²) in [6.07, 6.45) is 3.88. The zero-order valence-corrected chi connectivity index (χ0v) is 14.5. The van der Waals surface area contributed by atoms with E-state index in [4.69, 9.17) is 9.47 Å². The fourth-order valence-corrected chi connectivity index (χ4v) is 3.38. The van der Waals surface area contributed by atoms with Gasteiger partial charge in [0.2, 0.25) is 5.88 Å². The zero-order valence-electron chi connectivity index (χ0n) is 14.5. The molecule has 2 aliphatic rings. The van der Waals surface area contributed by atoms with Crippen molar-refractivity contribution >= 4 is 22.3 Å². The first-order valence-electron chi connectivity index (χ1n) is 8.86. The van der Waals surface area contributed by atoms with Crippen molar-refractivity contribution in [1.82, 2.24) is 9.97 Å². The molecule has 1 aromatic carbocycles. The minimum atomic E-state index is -0.344. The van der Waals surface area contributed by atoms with E-state index in [1.165, 1.54) is 12.3 Å². The Morgan fingerprint density at radius 3 is 3.04 bits per heavy atom. The molecule has 3 aromatic rings. The molecule has 1 atom stereocenters. The number of hydrogen-bond acceptors (Lipinski definition) is 6. The van der Waals surface area contributed by atoms with E-state index < -0.39 is 0 Å². The Hall–Kier alpha value is -3.06. The van der Waals surface area contributed by atoms with E-state index in [1.54, 1.807) is 6.20 Å². The van der Waals surface area contributed by atoms with Crippen molar-refractivity contribution in [2.45, 2.75) is 19.1 Å². The molecule has 0 unspecified atom stereocenters. The van der Waals surface area contributed by atoms with Crippen molar-refractivity contribution in [3.05, 3.63) is 59.8 Å². The first kappa shape index (κ1) is 16.1. The number of amidine groups is 1. The minimum Gasteiger partial charge on any atom is -0.471 e. The quantitative estimate of drug-likeness (QED) is 0.772. The number of halogens is 1. The van der Waals surface area contributed by atoms with Gasteiger partial charge in [0.1, 0.15) is 17.6 Å². The number of pyridine rings is 2. The lowest BCUT2D eigenvalue weighted by molar-refractivity contribution is 0.139. The van der Waals surface area contributed by atoms with E-state index in [9.17, 15) is 4.39 Å². The molecule has 0 aliphatic carbocycles. The maximum Gasteiger partial charge on any atom is 0.221 e. The van der Waals surface area contributed by atoms with Crippen molar-refractivity contribution in [2.24, 2.45) is 4.99 Å². The Bertz CT molecular complexity index is 1050. The largest absolute Gasteiger partial charge is 0.471 e. The van der Waals surface area contributed by atoms with Crippen LogP contribution in [0.4, 0.5) is 10.1 Å². The third kappa shape index (κ3) is 3.10. The van der Waals surface area contributed by atoms with Gasteiger partial charge in [0.15, 0.2) is 5.84 Å². The third-order valence-electron chi connectivity index (χ3n) is 4.72. The van der Waals surface area contributed by atoms with Crippen molar-refractivity contribution in [2.75, 3.05) is 18.5 Å². The van der Waals surface area contributed by atoms with E-state index in [0.29, 0.717) is 30.6 Å². The number of rotatable bonds is 3. The second-order valence-electron chi connectivity index (χ2n) is 6.61. The van der Waals surface area contributed by atoms with Gasteiger partial charge >= 0.3 is 0 Å². The van der Waals surface area contributed by atoms with Crippen LogP contribution < -0.4 is 10.1 Å². The van der Waals surface area contributed by atoms with Gasteiger partial charge in [-0.15, -0.1) is 0 Å². The third-order valence-corrected chi connectivity index (χ3v) is 4.72. The highest BCUT2D eigenvalue weighted by Crippen LogP contribution is 2.28. The van der Waals surface area contributed by atoms with Crippen LogP contribution in [-0.4, -0.2) is 35.1 Å². The summed E-state index contributed by atoms with van der Waals surface area (Å²) < 4.78 is 24.7. The van der Waals surface area contributed by atoms with Crippen molar-refractivity contribution < 1.29 is 13.9 Å². The van der Waals surface area contributed by atoms with Gasteiger partial charge < -0.3 is 14.8 Å². The van der Waals surface area contributed by atoms with E-state index in [2.05, 4.69) is 20.3 Å². The summed E-state index contributed by atoms with van der Waals surface area (Å²) in [6, 6.07) is 9.36. The maximum absolute atomic E-state index is 13.3. The van der Waals surface area contributed by atoms with E-state index in [0.717, 1.165) is 35.1 Å². The van der Waals surface area contributed by atoms with Gasteiger partial charge in [-0.3, -0.25) is 4.99 Å². The van der Waals surface area contributed by atoms with Crippen LogP contribution in [0.1, 0.15) is 17.7 Å². The van der Waals surface area contributed by atoms with Crippen LogP contribution in [-0.2, 0) is 11.3 Å². The maximum atomic E-state index is 13.3. The van der Waals surface area contributed by atoms with Crippen LogP contribution >= 0.6 is 0 Å². The molecule has 1 fully saturated rings. The predicted octanol–water partition coefficient (Wildman–Crippen LogP) is 3.31. The molecule has 7 heteroatoms. The Morgan fingerprint density at radius 1 is 1.19 bits per heavy atom. The number of benzene rings is 1. The molecule has 0 radical (unpaired) electrons. The summed E-state index contributed by atoms with van der Waals surface area (Å²) in [5.41, 5.74) is 2.36. The van der Waals surface area contributed by atoms with Crippen LogP contribution in [0.5, 0.6) is 5.88 Å². The van der Waals surface area contributed by atoms with E-state index >= 15 is 0 Å². The Morgan fingerprint density at radius 2 is 2.15 bits per heavy atom. The van der Waals surface area contributed by atoms with Crippen molar-refractivity contribution in [3.8, 4) is 5.88 Å². The first-order valence-corrected chi connectivity index (χ1v) is 8.86. The number of anilines is 1. The van der Waals surface area contributed by atoms with Gasteiger partial charge in [-0.1, -0.05) is 0 Å². The van der Waals surface area contributed by atoms with Gasteiger partial charge in [0.05, 0.1) is 26.0 Å². The first-order chi connectivity index (χ1) is 13.3. The van der Waals surface area contributed by atoms with Crippen LogP contribution in [0.15, 0.2) is 47.7 Å². The topological polar surface area (TPSA) is 68.6 Å². The SMILES string of the molecule is Fc1cnc2c(c1)CN=C2Nc1ccc2c(O[C@H]3CCOC3)nccc2c1. The number of nitrogens with zero attached hydrogens (tertiary/aromatic N) is 3. The van der Waals surface area contributed by atoms with Gasteiger partial charge in [-0.2, -0.15) is 0 Å². The van der Waals surface area contributed by atoms with E-state index in [-0.39, 0.29) is 11.9 Å². The lowest BCUT2D eigenvalue weighted by atomic mass is 10.1. The minimum absolute atomic E-state index is 0.0525. The molecule has 2 aromatic heterocycles. The molecule has 0 spiro atoms. The average Bonchev–Trinajstić information content (AvgIpc) is 3.32. The summed E-state index contributed by atoms with van der Waals surface area (Å²) >= 11 is 0. The number of ether oxygens (including phenoxy) is 2. The molecular weight excluding hydrogens is 347 g/mol. The summed E-state index contributed by atoms with van der Waals surface area (Å²) in [5.74, 6) is 0.928. The molecule has 136 valence electrons. The average molecular weight is 364 g/mol. The number of aromatic nitrogens is 2. The highest BCUT2D eigenvalue weighted by atomic mass is 19.1. The Labute approximate surface area is 155 Å². The highest BCUT2D eigenvalue weighted by molar-refractivity contribution is 6.10. The molecule has 0 amide bonds. The molecular formula is C20H17FN4O2. The summed E-state index contributed by atoms with van der Waals surface area (Å²) in [6.45, 7) is 1.76. The van der Waals surface area contributed by atoms with Crippen LogP contribution in [0.25, 0.3) is 10.8 Å². The molecule has 1 saturated heterocycles. The fraction of sp³-hybridized carbons (Fsp3) is 0.250. The Balaban J connectivity index is 1.41. The molecule has 6 nitrogen and oxygen atoms in total. The van der Waals surface area contributed by atoms with Crippen LogP contribution in [0, 0.1) is 5.82 Å². The number of aliphatic imine (C=N–C) groups is 1. The number of hydrogen-bond donors (Lipinski definition) is 1. The second-order valence-corrected chi connectivity index (χ2v) is 6.61. The zero-order chi connectivity index (χ0) is 18.2. The van der Waals surface area contributed by atoms with Gasteiger partial charge in [-0.05, 0) is 35.7 Å². The smallest absolute Gasteiger partial charge is 0.221 e. The van der Waals surface area contributed by atoms with Crippen LogP contribution in [0.2, 0.25) is 0 Å². The summed E-state index contributed by atoms with van der Waals surface area (Å²) in [5, 5.41) is 5.24. The highest BCUT2D eigenvalue weighted by Gasteiger charge is 2.20. The van der Waals surface area contributed by atoms with Crippen molar-refractivity contribution in [3.63, 3.8) is 0 Å².